The number of Topliss-reactive ketones (excluding diaryl/α,β-unsaturated/α-hetero) is 1. The van der Waals surface area contributed by atoms with Crippen LogP contribution in [-0.2, 0) is 11.2 Å². The fourth-order valence-electron chi connectivity index (χ4n) is 2.72. The van der Waals surface area contributed by atoms with Gasteiger partial charge in [-0.2, -0.15) is 0 Å². The highest BCUT2D eigenvalue weighted by atomic mass is 16.5. The van der Waals surface area contributed by atoms with Gasteiger partial charge in [0.1, 0.15) is 11.5 Å². The van der Waals surface area contributed by atoms with E-state index in [2.05, 4.69) is 6.07 Å². The van der Waals surface area contributed by atoms with E-state index in [-0.39, 0.29) is 0 Å². The van der Waals surface area contributed by atoms with Gasteiger partial charge in [0, 0.05) is 12.3 Å². The number of ether oxygens (including phenoxy) is 1. The van der Waals surface area contributed by atoms with Gasteiger partial charge in [0.25, 0.3) is 0 Å². The molecule has 2 rings (SSSR count). The number of hydrogen-bond acceptors (Lipinski definition) is 2. The summed E-state index contributed by atoms with van der Waals surface area (Å²) in [6.45, 7) is 0. The SMILES string of the molecule is COc1cccc(CCC(=O)C2CCCCC2)c1. The van der Waals surface area contributed by atoms with Gasteiger partial charge in [-0.05, 0) is 37.0 Å². The van der Waals surface area contributed by atoms with Crippen LogP contribution in [-0.4, -0.2) is 12.9 Å². The van der Waals surface area contributed by atoms with Crippen LogP contribution in [0.5, 0.6) is 5.75 Å². The third-order valence-corrected chi connectivity index (χ3v) is 3.85. The Kier molecular flexibility index (Phi) is 4.80. The maximum Gasteiger partial charge on any atom is 0.136 e. The number of benzene rings is 1. The lowest BCUT2D eigenvalue weighted by Crippen LogP contribution is -2.18. The maximum atomic E-state index is 12.1. The Bertz CT molecular complexity index is 392. The third kappa shape index (κ3) is 3.59. The van der Waals surface area contributed by atoms with Gasteiger partial charge < -0.3 is 4.74 Å². The lowest BCUT2D eigenvalue weighted by molar-refractivity contribution is -0.123. The van der Waals surface area contributed by atoms with E-state index in [0.29, 0.717) is 18.1 Å². The Morgan fingerprint density at radius 2 is 2.06 bits per heavy atom. The minimum absolute atomic E-state index is 0.337. The molecule has 1 aromatic carbocycles. The standard InChI is InChI=1S/C16H22O2/c1-18-15-9-5-6-13(12-15)10-11-16(17)14-7-3-2-4-8-14/h5-6,9,12,14H,2-4,7-8,10-11H2,1H3. The van der Waals surface area contributed by atoms with Gasteiger partial charge >= 0.3 is 0 Å². The van der Waals surface area contributed by atoms with Crippen molar-refractivity contribution in [2.45, 2.75) is 44.9 Å². The second kappa shape index (κ2) is 6.58. The molecule has 18 heavy (non-hydrogen) atoms. The van der Waals surface area contributed by atoms with Crippen LogP contribution in [0.25, 0.3) is 0 Å². The van der Waals surface area contributed by atoms with Crippen molar-refractivity contribution in [2.75, 3.05) is 7.11 Å². The molecule has 0 bridgehead atoms. The molecular formula is C16H22O2. The van der Waals surface area contributed by atoms with Crippen LogP contribution in [0.15, 0.2) is 24.3 Å². The molecule has 0 saturated heterocycles. The first-order chi connectivity index (χ1) is 8.79. The van der Waals surface area contributed by atoms with Crippen LogP contribution in [0.4, 0.5) is 0 Å². The average molecular weight is 246 g/mol. The molecule has 0 radical (unpaired) electrons. The number of carbonyl (C=O) groups excluding carboxylic acids is 1. The topological polar surface area (TPSA) is 26.3 Å². The predicted octanol–water partition coefficient (Wildman–Crippen LogP) is 3.78. The summed E-state index contributed by atoms with van der Waals surface area (Å²) in [6.07, 6.45) is 7.50. The quantitative estimate of drug-likeness (QED) is 0.790. The van der Waals surface area contributed by atoms with E-state index in [4.69, 9.17) is 4.74 Å². The van der Waals surface area contributed by atoms with Crippen molar-refractivity contribution >= 4 is 5.78 Å². The molecule has 2 nitrogen and oxygen atoms in total. The smallest absolute Gasteiger partial charge is 0.136 e. The molecule has 0 N–H and O–H groups in total. The molecule has 0 aromatic heterocycles. The first-order valence-corrected chi connectivity index (χ1v) is 6.95. The summed E-state index contributed by atoms with van der Waals surface area (Å²) < 4.78 is 5.19. The maximum absolute atomic E-state index is 12.1. The highest BCUT2D eigenvalue weighted by molar-refractivity contribution is 5.81. The lowest BCUT2D eigenvalue weighted by atomic mass is 9.84. The van der Waals surface area contributed by atoms with Crippen molar-refractivity contribution in [3.05, 3.63) is 29.8 Å². The second-order valence-corrected chi connectivity index (χ2v) is 5.15. The van der Waals surface area contributed by atoms with Crippen LogP contribution in [0.2, 0.25) is 0 Å². The molecule has 0 spiro atoms. The number of methoxy groups -OCH3 is 1. The second-order valence-electron chi connectivity index (χ2n) is 5.15. The summed E-state index contributed by atoms with van der Waals surface area (Å²) in [4.78, 5) is 12.1. The molecule has 0 amide bonds. The first-order valence-electron chi connectivity index (χ1n) is 6.95. The van der Waals surface area contributed by atoms with Crippen molar-refractivity contribution in [2.24, 2.45) is 5.92 Å². The van der Waals surface area contributed by atoms with Crippen molar-refractivity contribution in [3.8, 4) is 5.75 Å². The van der Waals surface area contributed by atoms with E-state index in [1.807, 2.05) is 18.2 Å². The van der Waals surface area contributed by atoms with Gasteiger partial charge in [0.05, 0.1) is 7.11 Å². The summed E-state index contributed by atoms with van der Waals surface area (Å²) in [5.74, 6) is 1.67. The molecule has 1 saturated carbocycles. The summed E-state index contributed by atoms with van der Waals surface area (Å²) in [5, 5.41) is 0. The normalized spacial score (nSPS) is 16.5. The van der Waals surface area contributed by atoms with Crippen LogP contribution in [0.3, 0.4) is 0 Å². The van der Waals surface area contributed by atoms with Crippen LogP contribution in [0, 0.1) is 5.92 Å². The highest BCUT2D eigenvalue weighted by Crippen LogP contribution is 2.26. The molecule has 1 aliphatic rings. The molecule has 0 unspecified atom stereocenters. The molecule has 0 heterocycles. The number of ketones is 1. The van der Waals surface area contributed by atoms with Gasteiger partial charge in [-0.1, -0.05) is 31.4 Å². The zero-order valence-corrected chi connectivity index (χ0v) is 11.2. The number of carbonyl (C=O) groups is 1. The van der Waals surface area contributed by atoms with Crippen LogP contribution >= 0.6 is 0 Å². The summed E-state index contributed by atoms with van der Waals surface area (Å²) >= 11 is 0. The van der Waals surface area contributed by atoms with E-state index >= 15 is 0 Å². The molecule has 0 atom stereocenters. The molecule has 0 aliphatic heterocycles. The van der Waals surface area contributed by atoms with Gasteiger partial charge in [0.2, 0.25) is 0 Å². The van der Waals surface area contributed by atoms with Gasteiger partial charge in [-0.15, -0.1) is 0 Å². The third-order valence-electron chi connectivity index (χ3n) is 3.85. The van der Waals surface area contributed by atoms with E-state index in [1.165, 1.54) is 24.8 Å². The predicted molar refractivity (Wildman–Crippen MR) is 72.9 cm³/mol. The Hall–Kier alpha value is -1.31. The molecule has 1 aliphatic carbocycles. The van der Waals surface area contributed by atoms with Gasteiger partial charge in [-0.3, -0.25) is 4.79 Å². The Balaban J connectivity index is 1.84. The molecule has 98 valence electrons. The fraction of sp³-hybridized carbons (Fsp3) is 0.562. The van der Waals surface area contributed by atoms with Crippen molar-refractivity contribution < 1.29 is 9.53 Å². The fourth-order valence-corrected chi connectivity index (χ4v) is 2.72. The molecular weight excluding hydrogens is 224 g/mol. The van der Waals surface area contributed by atoms with Crippen molar-refractivity contribution in [3.63, 3.8) is 0 Å². The van der Waals surface area contributed by atoms with E-state index in [0.717, 1.165) is 25.0 Å². The zero-order valence-electron chi connectivity index (χ0n) is 11.2. The minimum Gasteiger partial charge on any atom is -0.497 e. The molecule has 1 aromatic rings. The summed E-state index contributed by atoms with van der Waals surface area (Å²) in [5.41, 5.74) is 1.19. The number of hydrogen-bond donors (Lipinski definition) is 0. The average Bonchev–Trinajstić information content (AvgIpc) is 2.46. The Morgan fingerprint density at radius 3 is 2.78 bits per heavy atom. The summed E-state index contributed by atoms with van der Waals surface area (Å²) in [6, 6.07) is 8.01. The largest absolute Gasteiger partial charge is 0.497 e. The molecule has 1 fully saturated rings. The Morgan fingerprint density at radius 1 is 1.28 bits per heavy atom. The zero-order chi connectivity index (χ0) is 12.8. The first kappa shape index (κ1) is 13.1. The van der Waals surface area contributed by atoms with Crippen molar-refractivity contribution in [1.29, 1.82) is 0 Å². The number of aryl methyl sites for hydroxylation is 1. The van der Waals surface area contributed by atoms with Gasteiger partial charge in [-0.25, -0.2) is 0 Å². The minimum atomic E-state index is 0.337. The van der Waals surface area contributed by atoms with E-state index < -0.39 is 0 Å². The van der Waals surface area contributed by atoms with Crippen LogP contribution < -0.4 is 4.74 Å². The lowest BCUT2D eigenvalue weighted by Gasteiger charge is -2.20. The molecule has 2 heteroatoms. The van der Waals surface area contributed by atoms with Gasteiger partial charge in [0.15, 0.2) is 0 Å². The van der Waals surface area contributed by atoms with Crippen LogP contribution in [0.1, 0.15) is 44.1 Å². The highest BCUT2D eigenvalue weighted by Gasteiger charge is 2.20. The van der Waals surface area contributed by atoms with E-state index in [1.54, 1.807) is 7.11 Å². The Labute approximate surface area is 109 Å². The monoisotopic (exact) mass is 246 g/mol. The van der Waals surface area contributed by atoms with E-state index in [9.17, 15) is 4.79 Å². The summed E-state index contributed by atoms with van der Waals surface area (Å²) in [7, 11) is 1.67. The van der Waals surface area contributed by atoms with Crippen molar-refractivity contribution in [1.82, 2.24) is 0 Å². The number of rotatable bonds is 5.